The average molecular weight is 415 g/mol. The molecule has 1 aliphatic heterocycles. The number of anilines is 1. The molecule has 1 N–H and O–H groups in total. The summed E-state index contributed by atoms with van der Waals surface area (Å²) in [6.45, 7) is 5.02. The number of hydrogen-bond acceptors (Lipinski definition) is 4. The minimum absolute atomic E-state index is 0.148. The number of nitrogens with one attached hydrogen (secondary N) is 1. The van der Waals surface area contributed by atoms with Crippen LogP contribution in [0.15, 0.2) is 66.1 Å². The van der Waals surface area contributed by atoms with Crippen LogP contribution in [0.1, 0.15) is 36.0 Å². The summed E-state index contributed by atoms with van der Waals surface area (Å²) in [6, 6.07) is 13.2. The summed E-state index contributed by atoms with van der Waals surface area (Å²) in [5, 5.41) is 2.79. The van der Waals surface area contributed by atoms with Gasteiger partial charge in [-0.1, -0.05) is 37.6 Å². The van der Waals surface area contributed by atoms with E-state index in [1.54, 1.807) is 48.5 Å². The third kappa shape index (κ3) is 5.46. The number of nitrogens with zero attached hydrogens (tertiary/aromatic N) is 1. The second-order valence-electron chi connectivity index (χ2n) is 6.93. The fraction of sp³-hybridized carbons (Fsp3) is 0.318. The first kappa shape index (κ1) is 21.1. The molecule has 7 heteroatoms. The molecule has 2 aromatic carbocycles. The van der Waals surface area contributed by atoms with Crippen LogP contribution in [0.4, 0.5) is 5.69 Å². The lowest BCUT2D eigenvalue weighted by Crippen LogP contribution is -2.32. The van der Waals surface area contributed by atoms with Crippen LogP contribution in [0.3, 0.4) is 0 Å². The van der Waals surface area contributed by atoms with E-state index in [4.69, 9.17) is 4.74 Å². The highest BCUT2D eigenvalue weighted by Crippen LogP contribution is 2.22. The van der Waals surface area contributed by atoms with Crippen LogP contribution in [-0.2, 0) is 10.0 Å². The lowest BCUT2D eigenvalue weighted by molar-refractivity contribution is 0.102. The molecular weight excluding hydrogens is 388 g/mol. The van der Waals surface area contributed by atoms with Crippen LogP contribution in [0.5, 0.6) is 5.75 Å². The number of sulfonamides is 1. The standard InChI is InChI=1S/C22H26N2O4S/c1-2-15-28-20-11-8-10-19(17-20)23-22(25)18-9-7-12-21(16-18)29(26,27)24-13-5-3-4-6-14-24/h2,7-12,16-17H,1,3-6,13-15H2,(H,23,25). The Morgan fingerprint density at radius 3 is 2.52 bits per heavy atom. The van der Waals surface area contributed by atoms with E-state index in [1.165, 1.54) is 10.4 Å². The molecule has 2 aromatic rings. The zero-order valence-corrected chi connectivity index (χ0v) is 17.2. The van der Waals surface area contributed by atoms with E-state index >= 15 is 0 Å². The molecule has 1 fully saturated rings. The zero-order valence-electron chi connectivity index (χ0n) is 16.3. The molecule has 0 unspecified atom stereocenters. The topological polar surface area (TPSA) is 75.7 Å². The molecule has 6 nitrogen and oxygen atoms in total. The molecule has 1 heterocycles. The van der Waals surface area contributed by atoms with Crippen molar-refractivity contribution in [1.29, 1.82) is 0 Å². The molecule has 0 radical (unpaired) electrons. The maximum absolute atomic E-state index is 13.0. The van der Waals surface area contributed by atoms with Crippen molar-refractivity contribution in [2.75, 3.05) is 25.0 Å². The molecule has 0 bridgehead atoms. The Labute approximate surface area is 172 Å². The Morgan fingerprint density at radius 2 is 1.79 bits per heavy atom. The third-order valence-corrected chi connectivity index (χ3v) is 6.65. The number of benzene rings is 2. The van der Waals surface area contributed by atoms with E-state index in [-0.39, 0.29) is 10.8 Å². The molecule has 1 saturated heterocycles. The van der Waals surface area contributed by atoms with E-state index in [1.807, 2.05) is 0 Å². The smallest absolute Gasteiger partial charge is 0.255 e. The van der Waals surface area contributed by atoms with Gasteiger partial charge in [-0.15, -0.1) is 0 Å². The monoisotopic (exact) mass is 414 g/mol. The Balaban J connectivity index is 1.76. The van der Waals surface area contributed by atoms with Gasteiger partial charge in [0.05, 0.1) is 4.90 Å². The van der Waals surface area contributed by atoms with Crippen molar-refractivity contribution >= 4 is 21.6 Å². The van der Waals surface area contributed by atoms with Crippen molar-refractivity contribution in [1.82, 2.24) is 4.31 Å². The third-order valence-electron chi connectivity index (χ3n) is 4.76. The Kier molecular flexibility index (Phi) is 7.06. The second kappa shape index (κ2) is 9.71. The maximum atomic E-state index is 13.0. The van der Waals surface area contributed by atoms with E-state index in [0.717, 1.165) is 25.7 Å². The fourth-order valence-electron chi connectivity index (χ4n) is 3.25. The van der Waals surface area contributed by atoms with Crippen molar-refractivity contribution in [3.8, 4) is 5.75 Å². The fourth-order valence-corrected chi connectivity index (χ4v) is 4.81. The van der Waals surface area contributed by atoms with Crippen LogP contribution in [0, 0.1) is 0 Å². The van der Waals surface area contributed by atoms with Gasteiger partial charge in [-0.3, -0.25) is 4.79 Å². The summed E-state index contributed by atoms with van der Waals surface area (Å²) in [5.74, 6) is 0.235. The van der Waals surface area contributed by atoms with Gasteiger partial charge in [0, 0.05) is 30.4 Å². The summed E-state index contributed by atoms with van der Waals surface area (Å²) < 4.78 is 33.0. The van der Waals surface area contributed by atoms with Gasteiger partial charge in [-0.2, -0.15) is 4.31 Å². The Bertz CT molecular complexity index is 964. The number of hydrogen-bond donors (Lipinski definition) is 1. The van der Waals surface area contributed by atoms with Crippen LogP contribution < -0.4 is 10.1 Å². The summed E-state index contributed by atoms with van der Waals surface area (Å²) >= 11 is 0. The molecule has 0 saturated carbocycles. The Morgan fingerprint density at radius 1 is 1.07 bits per heavy atom. The van der Waals surface area contributed by atoms with Gasteiger partial charge in [-0.25, -0.2) is 8.42 Å². The highest BCUT2D eigenvalue weighted by Gasteiger charge is 2.25. The van der Waals surface area contributed by atoms with Gasteiger partial charge in [0.2, 0.25) is 10.0 Å². The molecule has 0 atom stereocenters. The Hall–Kier alpha value is -2.64. The van der Waals surface area contributed by atoms with Crippen LogP contribution >= 0.6 is 0 Å². The average Bonchev–Trinajstić information content (AvgIpc) is 3.03. The molecular formula is C22H26N2O4S. The lowest BCUT2D eigenvalue weighted by atomic mass is 10.2. The first-order chi connectivity index (χ1) is 14.0. The molecule has 154 valence electrons. The molecule has 0 aromatic heterocycles. The van der Waals surface area contributed by atoms with Crippen LogP contribution in [-0.4, -0.2) is 38.3 Å². The first-order valence-corrected chi connectivity index (χ1v) is 11.2. The highest BCUT2D eigenvalue weighted by molar-refractivity contribution is 7.89. The second-order valence-corrected chi connectivity index (χ2v) is 8.87. The molecule has 0 aliphatic carbocycles. The van der Waals surface area contributed by atoms with Crippen molar-refractivity contribution in [3.63, 3.8) is 0 Å². The van der Waals surface area contributed by atoms with Gasteiger partial charge < -0.3 is 10.1 Å². The molecule has 29 heavy (non-hydrogen) atoms. The summed E-state index contributed by atoms with van der Waals surface area (Å²) in [4.78, 5) is 12.8. The lowest BCUT2D eigenvalue weighted by Gasteiger charge is -2.20. The summed E-state index contributed by atoms with van der Waals surface area (Å²) in [5.41, 5.74) is 0.857. The largest absolute Gasteiger partial charge is 0.489 e. The number of ether oxygens (including phenoxy) is 1. The molecule has 3 rings (SSSR count). The van der Waals surface area contributed by atoms with E-state index in [0.29, 0.717) is 36.7 Å². The van der Waals surface area contributed by atoms with Gasteiger partial charge in [0.1, 0.15) is 12.4 Å². The van der Waals surface area contributed by atoms with Gasteiger partial charge in [0.15, 0.2) is 0 Å². The number of carbonyl (C=O) groups excluding carboxylic acids is 1. The first-order valence-electron chi connectivity index (χ1n) is 9.76. The van der Waals surface area contributed by atoms with Gasteiger partial charge in [0.25, 0.3) is 5.91 Å². The molecule has 0 spiro atoms. The number of amides is 1. The van der Waals surface area contributed by atoms with Crippen molar-refractivity contribution in [2.45, 2.75) is 30.6 Å². The number of rotatable bonds is 7. The zero-order chi connectivity index (χ0) is 20.7. The highest BCUT2D eigenvalue weighted by atomic mass is 32.2. The van der Waals surface area contributed by atoms with Gasteiger partial charge in [-0.05, 0) is 43.2 Å². The van der Waals surface area contributed by atoms with Crippen molar-refractivity contribution in [2.24, 2.45) is 0 Å². The van der Waals surface area contributed by atoms with Crippen LogP contribution in [0.25, 0.3) is 0 Å². The predicted octanol–water partition coefficient (Wildman–Crippen LogP) is 4.07. The van der Waals surface area contributed by atoms with Crippen molar-refractivity contribution in [3.05, 3.63) is 66.7 Å². The van der Waals surface area contributed by atoms with E-state index in [9.17, 15) is 13.2 Å². The molecule has 1 aliphatic rings. The SMILES string of the molecule is C=CCOc1cccc(NC(=O)c2cccc(S(=O)(=O)N3CCCCCC3)c2)c1. The quantitative estimate of drug-likeness (QED) is 0.693. The van der Waals surface area contributed by atoms with Crippen LogP contribution in [0.2, 0.25) is 0 Å². The summed E-state index contributed by atoms with van der Waals surface area (Å²) in [7, 11) is -3.61. The van der Waals surface area contributed by atoms with Gasteiger partial charge >= 0.3 is 0 Å². The maximum Gasteiger partial charge on any atom is 0.255 e. The number of carbonyl (C=O) groups is 1. The minimum atomic E-state index is -3.61. The summed E-state index contributed by atoms with van der Waals surface area (Å²) in [6.07, 6.45) is 5.46. The predicted molar refractivity (Wildman–Crippen MR) is 114 cm³/mol. The normalized spacial score (nSPS) is 15.3. The van der Waals surface area contributed by atoms with E-state index in [2.05, 4.69) is 11.9 Å². The van der Waals surface area contributed by atoms with E-state index < -0.39 is 10.0 Å². The molecule has 1 amide bonds. The van der Waals surface area contributed by atoms with Crippen molar-refractivity contribution < 1.29 is 17.9 Å². The minimum Gasteiger partial charge on any atom is -0.489 e.